The summed E-state index contributed by atoms with van der Waals surface area (Å²) in [6, 6.07) is 4.34. The lowest BCUT2D eigenvalue weighted by Crippen LogP contribution is -2.41. The minimum absolute atomic E-state index is 0.0534. The van der Waals surface area contributed by atoms with Crippen LogP contribution in [-0.2, 0) is 19.1 Å². The van der Waals surface area contributed by atoms with Crippen molar-refractivity contribution in [1.82, 2.24) is 0 Å². The quantitative estimate of drug-likeness (QED) is 0.495. The minimum Gasteiger partial charge on any atom is -0.507 e. The molecule has 0 bridgehead atoms. The van der Waals surface area contributed by atoms with Gasteiger partial charge in [0.25, 0.3) is 0 Å². The first-order chi connectivity index (χ1) is 10.4. The molecule has 1 aromatic rings. The number of carbonyl (C=O) groups is 4. The zero-order chi connectivity index (χ0) is 16.4. The Hall–Kier alpha value is -2.70. The number of methoxy groups -OCH3 is 1. The highest BCUT2D eigenvalue weighted by atomic mass is 16.5. The number of rotatable bonds is 4. The number of fused-ring (bicyclic) bond motifs is 1. The maximum absolute atomic E-state index is 12.1. The van der Waals surface area contributed by atoms with Gasteiger partial charge in [-0.15, -0.1) is 0 Å². The van der Waals surface area contributed by atoms with Crippen LogP contribution in [0, 0.1) is 5.92 Å². The molecule has 1 aromatic carbocycles. The third kappa shape index (κ3) is 2.69. The largest absolute Gasteiger partial charge is 0.507 e. The number of phenols is 1. The second-order valence-corrected chi connectivity index (χ2v) is 4.91. The molecule has 0 unspecified atom stereocenters. The number of Topliss-reactive ketones (excluding diaryl/α,β-unsaturated/α-hetero) is 3. The molecule has 116 valence electrons. The van der Waals surface area contributed by atoms with Crippen LogP contribution in [0.5, 0.6) is 11.5 Å². The van der Waals surface area contributed by atoms with Crippen molar-refractivity contribution in [1.29, 1.82) is 0 Å². The molecule has 2 rings (SSSR count). The summed E-state index contributed by atoms with van der Waals surface area (Å²) >= 11 is 0. The molecule has 22 heavy (non-hydrogen) atoms. The van der Waals surface area contributed by atoms with E-state index in [1.807, 2.05) is 0 Å². The molecule has 0 aromatic heterocycles. The minimum atomic E-state index is -1.28. The third-order valence-corrected chi connectivity index (χ3v) is 3.51. The van der Waals surface area contributed by atoms with Gasteiger partial charge in [-0.2, -0.15) is 0 Å². The zero-order valence-electron chi connectivity index (χ0n) is 12.0. The summed E-state index contributed by atoms with van der Waals surface area (Å²) in [5, 5.41) is 9.67. The van der Waals surface area contributed by atoms with Crippen LogP contribution in [0.3, 0.4) is 0 Å². The fraction of sp³-hybridized carbons (Fsp3) is 0.333. The Morgan fingerprint density at radius 2 is 2.05 bits per heavy atom. The van der Waals surface area contributed by atoms with E-state index in [2.05, 4.69) is 4.74 Å². The number of phenolic OH excluding ortho intramolecular Hbond substituents is 1. The SMILES string of the molecule is COC(=O)C(=O)C(=O)[C@H](C)[C@@H]1CC(=O)c2c(O)cccc2O1. The summed E-state index contributed by atoms with van der Waals surface area (Å²) in [4.78, 5) is 46.7. The van der Waals surface area contributed by atoms with Crippen LogP contribution in [0.2, 0.25) is 0 Å². The van der Waals surface area contributed by atoms with Crippen molar-refractivity contribution in [2.75, 3.05) is 7.11 Å². The molecular weight excluding hydrogens is 292 g/mol. The first-order valence-corrected chi connectivity index (χ1v) is 6.55. The molecule has 1 aliphatic heterocycles. The van der Waals surface area contributed by atoms with E-state index in [1.54, 1.807) is 0 Å². The molecule has 0 spiro atoms. The number of hydrogen-bond donors (Lipinski definition) is 1. The first kappa shape index (κ1) is 15.7. The van der Waals surface area contributed by atoms with Crippen LogP contribution in [0.15, 0.2) is 18.2 Å². The van der Waals surface area contributed by atoms with Crippen molar-refractivity contribution in [3.63, 3.8) is 0 Å². The molecule has 1 heterocycles. The summed E-state index contributed by atoms with van der Waals surface area (Å²) in [6.45, 7) is 1.40. The van der Waals surface area contributed by atoms with E-state index >= 15 is 0 Å². The average Bonchev–Trinajstić information content (AvgIpc) is 2.51. The van der Waals surface area contributed by atoms with Crippen LogP contribution in [0.25, 0.3) is 0 Å². The van der Waals surface area contributed by atoms with Crippen LogP contribution in [0.1, 0.15) is 23.7 Å². The lowest BCUT2D eigenvalue weighted by molar-refractivity contribution is -0.156. The monoisotopic (exact) mass is 306 g/mol. The van der Waals surface area contributed by atoms with Gasteiger partial charge in [0.1, 0.15) is 23.2 Å². The number of ether oxygens (including phenoxy) is 2. The van der Waals surface area contributed by atoms with Gasteiger partial charge < -0.3 is 14.6 Å². The van der Waals surface area contributed by atoms with Gasteiger partial charge in [0.05, 0.1) is 13.0 Å². The molecule has 1 aliphatic rings. The van der Waals surface area contributed by atoms with Crippen LogP contribution < -0.4 is 4.74 Å². The third-order valence-electron chi connectivity index (χ3n) is 3.51. The maximum Gasteiger partial charge on any atom is 0.382 e. The number of esters is 1. The van der Waals surface area contributed by atoms with E-state index in [0.717, 1.165) is 7.11 Å². The first-order valence-electron chi connectivity index (χ1n) is 6.55. The second-order valence-electron chi connectivity index (χ2n) is 4.91. The van der Waals surface area contributed by atoms with Crippen LogP contribution in [0.4, 0.5) is 0 Å². The lowest BCUT2D eigenvalue weighted by Gasteiger charge is -2.28. The number of ketones is 3. The van der Waals surface area contributed by atoms with E-state index in [4.69, 9.17) is 4.74 Å². The van der Waals surface area contributed by atoms with Crippen LogP contribution in [-0.4, -0.2) is 41.6 Å². The van der Waals surface area contributed by atoms with Crippen molar-refractivity contribution in [2.45, 2.75) is 19.4 Å². The number of benzene rings is 1. The Morgan fingerprint density at radius 3 is 2.68 bits per heavy atom. The molecule has 1 N–H and O–H groups in total. The van der Waals surface area contributed by atoms with E-state index in [-0.39, 0.29) is 23.5 Å². The highest BCUT2D eigenvalue weighted by Gasteiger charge is 2.38. The van der Waals surface area contributed by atoms with E-state index in [0.29, 0.717) is 0 Å². The van der Waals surface area contributed by atoms with Gasteiger partial charge >= 0.3 is 11.8 Å². The molecule has 0 saturated carbocycles. The molecule has 0 radical (unpaired) electrons. The van der Waals surface area contributed by atoms with Crippen molar-refractivity contribution >= 4 is 23.3 Å². The van der Waals surface area contributed by atoms with Gasteiger partial charge in [0, 0.05) is 6.42 Å². The van der Waals surface area contributed by atoms with E-state index in [1.165, 1.54) is 25.1 Å². The van der Waals surface area contributed by atoms with Crippen LogP contribution >= 0.6 is 0 Å². The molecule has 0 aliphatic carbocycles. The van der Waals surface area contributed by atoms with Crippen molar-refractivity contribution in [3.05, 3.63) is 23.8 Å². The highest BCUT2D eigenvalue weighted by Crippen LogP contribution is 2.35. The molecule has 0 fully saturated rings. The summed E-state index contributed by atoms with van der Waals surface area (Å²) in [5.41, 5.74) is 0.0534. The molecule has 0 saturated heterocycles. The van der Waals surface area contributed by atoms with Gasteiger partial charge in [-0.1, -0.05) is 13.0 Å². The van der Waals surface area contributed by atoms with Gasteiger partial charge in [0.2, 0.25) is 5.78 Å². The fourth-order valence-electron chi connectivity index (χ4n) is 2.24. The zero-order valence-corrected chi connectivity index (χ0v) is 12.0. The average molecular weight is 306 g/mol. The number of carbonyl (C=O) groups excluding carboxylic acids is 4. The van der Waals surface area contributed by atoms with Gasteiger partial charge in [-0.25, -0.2) is 4.79 Å². The van der Waals surface area contributed by atoms with Gasteiger partial charge in [-0.05, 0) is 12.1 Å². The topological polar surface area (TPSA) is 107 Å². The number of hydrogen-bond acceptors (Lipinski definition) is 7. The van der Waals surface area contributed by atoms with E-state index in [9.17, 15) is 24.3 Å². The second kappa shape index (κ2) is 5.97. The molecule has 0 amide bonds. The Labute approximate surface area is 125 Å². The molecule has 7 heteroatoms. The normalized spacial score (nSPS) is 17.9. The summed E-state index contributed by atoms with van der Waals surface area (Å²) in [7, 11) is 0.998. The number of aromatic hydroxyl groups is 1. The maximum atomic E-state index is 12.1. The Kier molecular flexibility index (Phi) is 4.25. The standard InChI is InChI=1S/C15H14O7/c1-7(13(18)14(19)15(20)21-2)11-6-9(17)12-8(16)4-3-5-10(12)22-11/h3-5,7,11,16H,6H2,1-2H3/t7-,11+/m1/s1. The summed E-state index contributed by atoms with van der Waals surface area (Å²) in [5.74, 6) is -4.96. The van der Waals surface area contributed by atoms with E-state index < -0.39 is 35.3 Å². The smallest absolute Gasteiger partial charge is 0.382 e. The Morgan fingerprint density at radius 1 is 1.36 bits per heavy atom. The lowest BCUT2D eigenvalue weighted by atomic mass is 9.89. The molecular formula is C15H14O7. The van der Waals surface area contributed by atoms with Gasteiger partial charge in [-0.3, -0.25) is 14.4 Å². The molecule has 2 atom stereocenters. The van der Waals surface area contributed by atoms with Crippen molar-refractivity contribution < 1.29 is 33.8 Å². The van der Waals surface area contributed by atoms with Crippen molar-refractivity contribution in [3.8, 4) is 11.5 Å². The Balaban J connectivity index is 2.22. The molecule has 7 nitrogen and oxygen atoms in total. The highest BCUT2D eigenvalue weighted by molar-refractivity contribution is 6.62. The predicted molar refractivity (Wildman–Crippen MR) is 72.7 cm³/mol. The summed E-state index contributed by atoms with van der Waals surface area (Å²) in [6.07, 6.45) is -1.06. The van der Waals surface area contributed by atoms with Crippen molar-refractivity contribution in [2.24, 2.45) is 5.92 Å². The predicted octanol–water partition coefficient (Wildman–Crippen LogP) is 0.673. The fourth-order valence-corrected chi connectivity index (χ4v) is 2.24. The summed E-state index contributed by atoms with van der Waals surface area (Å²) < 4.78 is 9.74. The van der Waals surface area contributed by atoms with Gasteiger partial charge in [0.15, 0.2) is 5.78 Å². The Bertz CT molecular complexity index is 662.